The van der Waals surface area contributed by atoms with Gasteiger partial charge in [-0.1, -0.05) is 36.4 Å². The smallest absolute Gasteiger partial charge is 0.243 e. The number of anilines is 6. The van der Waals surface area contributed by atoms with Crippen LogP contribution in [0.25, 0.3) is 0 Å². The van der Waals surface area contributed by atoms with Crippen LogP contribution in [0.4, 0.5) is 34.9 Å². The molecule has 9 heteroatoms. The van der Waals surface area contributed by atoms with Crippen molar-refractivity contribution < 1.29 is 9.53 Å². The molecule has 1 aromatic heterocycles. The van der Waals surface area contributed by atoms with Crippen LogP contribution in [0.5, 0.6) is 5.75 Å². The number of aromatic nitrogens is 3. The molecule has 4 N–H and O–H groups in total. The highest BCUT2D eigenvalue weighted by atomic mass is 16.5. The monoisotopic (exact) mass is 441 g/mol. The van der Waals surface area contributed by atoms with Gasteiger partial charge in [0.1, 0.15) is 5.75 Å². The highest BCUT2D eigenvalue weighted by Gasteiger charge is 2.10. The second kappa shape index (κ2) is 10.6. The van der Waals surface area contributed by atoms with Crippen molar-refractivity contribution in [3.8, 4) is 5.75 Å². The summed E-state index contributed by atoms with van der Waals surface area (Å²) in [4.78, 5) is 25.6. The number of carbonyl (C=O) groups excluding carboxylic acids is 1. The molecule has 1 amide bonds. The normalized spacial score (nSPS) is 10.2. The molecule has 9 nitrogen and oxygen atoms in total. The maximum atomic E-state index is 12.4. The number of nitrogens with one attached hydrogen (secondary N) is 4. The first-order chi connectivity index (χ1) is 16.2. The SMILES string of the molecule is COc1ccc(NC(=O)CNc2nc(Nc3ccccc3)nc(Nc3ccccc3)n2)cc1. The third kappa shape index (κ3) is 6.41. The van der Waals surface area contributed by atoms with Crippen molar-refractivity contribution >= 4 is 40.8 Å². The van der Waals surface area contributed by atoms with E-state index in [-0.39, 0.29) is 18.4 Å². The number of carbonyl (C=O) groups is 1. The molecule has 0 saturated heterocycles. The van der Waals surface area contributed by atoms with E-state index in [2.05, 4.69) is 36.2 Å². The Hall–Kier alpha value is -4.66. The van der Waals surface area contributed by atoms with E-state index < -0.39 is 0 Å². The topological polar surface area (TPSA) is 113 Å². The van der Waals surface area contributed by atoms with Crippen LogP contribution in [0.3, 0.4) is 0 Å². The minimum Gasteiger partial charge on any atom is -0.497 e. The second-order valence-corrected chi connectivity index (χ2v) is 6.92. The Labute approximate surface area is 191 Å². The Morgan fingerprint density at radius 2 is 1.21 bits per heavy atom. The highest BCUT2D eigenvalue weighted by Crippen LogP contribution is 2.19. The number of hydrogen-bond donors (Lipinski definition) is 4. The maximum absolute atomic E-state index is 12.4. The molecule has 0 radical (unpaired) electrons. The van der Waals surface area contributed by atoms with Crippen molar-refractivity contribution in [1.82, 2.24) is 15.0 Å². The van der Waals surface area contributed by atoms with Gasteiger partial charge in [-0.25, -0.2) is 0 Å². The van der Waals surface area contributed by atoms with Gasteiger partial charge in [0.2, 0.25) is 23.8 Å². The molecule has 0 unspecified atom stereocenters. The van der Waals surface area contributed by atoms with Crippen LogP contribution in [0.15, 0.2) is 84.9 Å². The summed E-state index contributed by atoms with van der Waals surface area (Å²) in [5.74, 6) is 1.41. The molecule has 33 heavy (non-hydrogen) atoms. The van der Waals surface area contributed by atoms with Gasteiger partial charge in [-0.15, -0.1) is 0 Å². The predicted octanol–water partition coefficient (Wildman–Crippen LogP) is 4.42. The largest absolute Gasteiger partial charge is 0.497 e. The fraction of sp³-hybridized carbons (Fsp3) is 0.0833. The fourth-order valence-electron chi connectivity index (χ4n) is 2.91. The van der Waals surface area contributed by atoms with Crippen LogP contribution in [-0.4, -0.2) is 34.5 Å². The summed E-state index contributed by atoms with van der Waals surface area (Å²) in [6.07, 6.45) is 0. The predicted molar refractivity (Wildman–Crippen MR) is 129 cm³/mol. The first-order valence-electron chi connectivity index (χ1n) is 10.3. The molecule has 0 aliphatic carbocycles. The molecular formula is C24H23N7O2. The first kappa shape index (κ1) is 21.6. The molecule has 4 aromatic rings. The molecule has 1 heterocycles. The Morgan fingerprint density at radius 3 is 1.73 bits per heavy atom. The maximum Gasteiger partial charge on any atom is 0.243 e. The van der Waals surface area contributed by atoms with Crippen molar-refractivity contribution in [2.24, 2.45) is 0 Å². The molecule has 0 bridgehead atoms. The summed E-state index contributed by atoms with van der Waals surface area (Å²) in [6, 6.07) is 26.2. The van der Waals surface area contributed by atoms with E-state index in [1.165, 1.54) is 0 Å². The van der Waals surface area contributed by atoms with Gasteiger partial charge in [-0.05, 0) is 48.5 Å². The van der Waals surface area contributed by atoms with Gasteiger partial charge in [0.15, 0.2) is 0 Å². The Bertz CT molecular complexity index is 1130. The molecule has 0 aliphatic rings. The van der Waals surface area contributed by atoms with Crippen LogP contribution in [-0.2, 0) is 4.79 Å². The summed E-state index contributed by atoms with van der Waals surface area (Å²) in [7, 11) is 1.59. The molecule has 0 aliphatic heterocycles. The van der Waals surface area contributed by atoms with E-state index in [4.69, 9.17) is 4.74 Å². The van der Waals surface area contributed by atoms with Crippen molar-refractivity contribution in [2.45, 2.75) is 0 Å². The fourth-order valence-corrected chi connectivity index (χ4v) is 2.91. The minimum absolute atomic E-state index is 0.0222. The number of hydrogen-bond acceptors (Lipinski definition) is 8. The average Bonchev–Trinajstić information content (AvgIpc) is 2.84. The second-order valence-electron chi connectivity index (χ2n) is 6.92. The van der Waals surface area contributed by atoms with Crippen molar-refractivity contribution in [1.29, 1.82) is 0 Å². The number of nitrogens with zero attached hydrogens (tertiary/aromatic N) is 3. The van der Waals surface area contributed by atoms with Crippen LogP contribution in [0, 0.1) is 0 Å². The Balaban J connectivity index is 1.47. The quantitative estimate of drug-likeness (QED) is 0.302. The van der Waals surface area contributed by atoms with Crippen LogP contribution < -0.4 is 26.0 Å². The number of ether oxygens (including phenoxy) is 1. The number of para-hydroxylation sites is 2. The molecular weight excluding hydrogens is 418 g/mol. The lowest BCUT2D eigenvalue weighted by Crippen LogP contribution is -2.23. The number of benzene rings is 3. The molecule has 0 atom stereocenters. The van der Waals surface area contributed by atoms with Gasteiger partial charge in [0, 0.05) is 17.1 Å². The van der Waals surface area contributed by atoms with Gasteiger partial charge in [-0.2, -0.15) is 15.0 Å². The van der Waals surface area contributed by atoms with E-state index >= 15 is 0 Å². The third-order valence-corrected chi connectivity index (χ3v) is 4.48. The molecule has 3 aromatic carbocycles. The Morgan fingerprint density at radius 1 is 0.697 bits per heavy atom. The van der Waals surface area contributed by atoms with E-state index in [0.29, 0.717) is 23.3 Å². The zero-order valence-electron chi connectivity index (χ0n) is 17.9. The van der Waals surface area contributed by atoms with Crippen molar-refractivity contribution in [3.63, 3.8) is 0 Å². The highest BCUT2D eigenvalue weighted by molar-refractivity contribution is 5.93. The summed E-state index contributed by atoms with van der Waals surface area (Å²) in [5, 5.41) is 12.1. The van der Waals surface area contributed by atoms with E-state index in [1.54, 1.807) is 31.4 Å². The average molecular weight is 441 g/mol. The van der Waals surface area contributed by atoms with Gasteiger partial charge in [0.25, 0.3) is 0 Å². The minimum atomic E-state index is -0.240. The lowest BCUT2D eigenvalue weighted by Gasteiger charge is -2.12. The van der Waals surface area contributed by atoms with E-state index in [1.807, 2.05) is 60.7 Å². The van der Waals surface area contributed by atoms with Gasteiger partial charge >= 0.3 is 0 Å². The number of amides is 1. The van der Waals surface area contributed by atoms with Gasteiger partial charge < -0.3 is 26.0 Å². The summed E-state index contributed by atoms with van der Waals surface area (Å²) < 4.78 is 5.13. The zero-order chi connectivity index (χ0) is 22.9. The summed E-state index contributed by atoms with van der Waals surface area (Å²) >= 11 is 0. The molecule has 0 fully saturated rings. The van der Waals surface area contributed by atoms with Crippen LogP contribution >= 0.6 is 0 Å². The van der Waals surface area contributed by atoms with E-state index in [9.17, 15) is 4.79 Å². The Kier molecular flexibility index (Phi) is 6.92. The zero-order valence-corrected chi connectivity index (χ0v) is 17.9. The lowest BCUT2D eigenvalue weighted by molar-refractivity contribution is -0.114. The van der Waals surface area contributed by atoms with Gasteiger partial charge in [0.05, 0.1) is 13.7 Å². The van der Waals surface area contributed by atoms with Crippen molar-refractivity contribution in [2.75, 3.05) is 34.9 Å². The first-order valence-corrected chi connectivity index (χ1v) is 10.3. The number of rotatable bonds is 9. The van der Waals surface area contributed by atoms with Gasteiger partial charge in [-0.3, -0.25) is 4.79 Å². The van der Waals surface area contributed by atoms with Crippen LogP contribution in [0.2, 0.25) is 0 Å². The van der Waals surface area contributed by atoms with Crippen molar-refractivity contribution in [3.05, 3.63) is 84.9 Å². The third-order valence-electron chi connectivity index (χ3n) is 4.48. The van der Waals surface area contributed by atoms with E-state index in [0.717, 1.165) is 11.4 Å². The van der Waals surface area contributed by atoms with Crippen LogP contribution in [0.1, 0.15) is 0 Å². The molecule has 166 valence electrons. The molecule has 0 spiro atoms. The molecule has 0 saturated carbocycles. The standard InChI is InChI=1S/C24H23N7O2/c1-33-20-14-12-19(13-15-20)26-21(32)16-25-22-29-23(27-17-8-4-2-5-9-17)31-24(30-22)28-18-10-6-3-7-11-18/h2-15H,16H2,1H3,(H,26,32)(H3,25,27,28,29,30,31). The summed E-state index contributed by atoms with van der Waals surface area (Å²) in [6.45, 7) is -0.0222. The summed E-state index contributed by atoms with van der Waals surface area (Å²) in [5.41, 5.74) is 2.33. The molecule has 4 rings (SSSR count). The lowest BCUT2D eigenvalue weighted by atomic mass is 10.3. The number of methoxy groups -OCH3 is 1.